The molecule has 0 spiro atoms. The second-order valence-corrected chi connectivity index (χ2v) is 20.0. The molecule has 14 aromatic rings. The quantitative estimate of drug-likeness (QED) is 0.113. The van der Waals surface area contributed by atoms with Crippen molar-refractivity contribution in [3.05, 3.63) is 303 Å². The molecule has 14 rings (SSSR count). The van der Waals surface area contributed by atoms with Gasteiger partial charge in [-0.2, -0.15) is 0 Å². The van der Waals surface area contributed by atoms with E-state index in [2.05, 4.69) is 221 Å². The summed E-state index contributed by atoms with van der Waals surface area (Å²) in [5.41, 5.74) is 20.5. The van der Waals surface area contributed by atoms with Crippen LogP contribution in [0.3, 0.4) is 0 Å². The minimum absolute atomic E-state index is 0.0907. The van der Waals surface area contributed by atoms with Crippen molar-refractivity contribution in [1.82, 2.24) is 9.55 Å². The van der Waals surface area contributed by atoms with E-state index >= 15 is 0 Å². The molecule has 0 aliphatic heterocycles. The summed E-state index contributed by atoms with van der Waals surface area (Å²) in [4.78, 5) is 19.6. The fourth-order valence-corrected chi connectivity index (χ4v) is 11.2. The zero-order chi connectivity index (χ0) is 53.4. The highest BCUT2D eigenvalue weighted by atomic mass is 16.3. The molecule has 6 nitrogen and oxygen atoms in total. The van der Waals surface area contributed by atoms with Gasteiger partial charge < -0.3 is 15.1 Å². The first-order valence-corrected chi connectivity index (χ1v) is 26.9. The maximum Gasteiger partial charge on any atom is 0.193 e. The predicted octanol–water partition coefficient (Wildman–Crippen LogP) is 19.6. The second kappa shape index (κ2) is 20.6. The Kier molecular flexibility index (Phi) is 12.3. The standard InChI is InChI=1S/C74H50N4O2/c79-73(54-35-36-65-64-29-13-16-34-69(64)78(70(65)48-54)74-66-38-40-80-71(66)37-39-75-74)53-27-17-28-61(47-53)76-67-32-14-15-33-68(67)77-72-62(59-43-55(49-19-5-1-6-20-49)41-56(44-59)50-21-7-2-8-22-50)30-18-31-63(72)60-45-57(51-23-9-3-10-24-51)42-58(46-60)52-25-11-4-12-26-52/h1-48,76-77H. The topological polar surface area (TPSA) is 72.1 Å². The first kappa shape index (κ1) is 47.6. The molecule has 0 aliphatic rings. The van der Waals surface area contributed by atoms with Gasteiger partial charge in [-0.05, 0) is 141 Å². The van der Waals surface area contributed by atoms with Crippen LogP contribution < -0.4 is 10.6 Å². The van der Waals surface area contributed by atoms with E-state index in [0.717, 1.165) is 128 Å². The number of rotatable bonds is 13. The second-order valence-electron chi connectivity index (χ2n) is 20.0. The lowest BCUT2D eigenvalue weighted by Crippen LogP contribution is -2.04. The highest BCUT2D eigenvalue weighted by Crippen LogP contribution is 2.45. The fraction of sp³-hybridized carbons (Fsp3) is 0. The molecule has 3 heterocycles. The number of aromatic nitrogens is 2. The highest BCUT2D eigenvalue weighted by molar-refractivity contribution is 6.15. The molecule has 0 saturated heterocycles. The van der Waals surface area contributed by atoms with E-state index in [9.17, 15) is 4.79 Å². The zero-order valence-corrected chi connectivity index (χ0v) is 43.4. The summed E-state index contributed by atoms with van der Waals surface area (Å²) in [6.45, 7) is 0. The van der Waals surface area contributed by atoms with Crippen LogP contribution in [0, 0.1) is 0 Å². The number of carbonyl (C=O) groups is 1. The fourth-order valence-electron chi connectivity index (χ4n) is 11.2. The molecular formula is C74H50N4O2. The number of nitrogens with one attached hydrogen (secondary N) is 2. The number of fused-ring (bicyclic) bond motifs is 4. The number of furan rings is 1. The average molecular weight is 1030 g/mol. The van der Waals surface area contributed by atoms with Gasteiger partial charge in [0.05, 0.1) is 39.7 Å². The molecule has 0 radical (unpaired) electrons. The van der Waals surface area contributed by atoms with E-state index in [4.69, 9.17) is 9.40 Å². The van der Waals surface area contributed by atoms with Crippen LogP contribution in [0.25, 0.3) is 105 Å². The molecule has 0 aliphatic carbocycles. The summed E-state index contributed by atoms with van der Waals surface area (Å²) in [5, 5.41) is 10.8. The van der Waals surface area contributed by atoms with Gasteiger partial charge in [0.2, 0.25) is 0 Å². The van der Waals surface area contributed by atoms with E-state index in [1.165, 1.54) is 0 Å². The van der Waals surface area contributed by atoms with Gasteiger partial charge in [0.1, 0.15) is 11.4 Å². The number of hydrogen-bond acceptors (Lipinski definition) is 5. The molecule has 378 valence electrons. The van der Waals surface area contributed by atoms with Gasteiger partial charge in [-0.15, -0.1) is 0 Å². The number of hydrogen-bond donors (Lipinski definition) is 2. The Morgan fingerprint density at radius 3 is 1.44 bits per heavy atom. The lowest BCUT2D eigenvalue weighted by atomic mass is 9.89. The number of nitrogens with zero attached hydrogens (tertiary/aromatic N) is 2. The lowest BCUT2D eigenvalue weighted by molar-refractivity contribution is 0.103. The third kappa shape index (κ3) is 9.06. The van der Waals surface area contributed by atoms with Crippen LogP contribution in [-0.2, 0) is 0 Å². The van der Waals surface area contributed by atoms with Crippen molar-refractivity contribution < 1.29 is 9.21 Å². The Morgan fingerprint density at radius 2 is 0.850 bits per heavy atom. The van der Waals surface area contributed by atoms with Gasteiger partial charge in [-0.1, -0.05) is 194 Å². The normalized spacial score (nSPS) is 11.3. The van der Waals surface area contributed by atoms with Crippen molar-refractivity contribution in [1.29, 1.82) is 0 Å². The third-order valence-corrected chi connectivity index (χ3v) is 15.1. The van der Waals surface area contributed by atoms with Crippen LogP contribution in [0.15, 0.2) is 296 Å². The molecule has 2 N–H and O–H groups in total. The number of carbonyl (C=O) groups excluding carboxylic acids is 1. The first-order chi connectivity index (χ1) is 39.6. The van der Waals surface area contributed by atoms with E-state index < -0.39 is 0 Å². The van der Waals surface area contributed by atoms with E-state index in [0.29, 0.717) is 11.1 Å². The molecule has 0 bridgehead atoms. The number of benzene rings is 11. The van der Waals surface area contributed by atoms with Crippen molar-refractivity contribution in [3.8, 4) is 72.6 Å². The molecule has 3 aromatic heterocycles. The van der Waals surface area contributed by atoms with Crippen molar-refractivity contribution in [2.24, 2.45) is 0 Å². The minimum atomic E-state index is -0.0907. The molecule has 11 aromatic carbocycles. The van der Waals surface area contributed by atoms with Crippen molar-refractivity contribution in [3.63, 3.8) is 0 Å². The smallest absolute Gasteiger partial charge is 0.193 e. The molecule has 0 fully saturated rings. The molecule has 0 atom stereocenters. The molecule has 0 amide bonds. The van der Waals surface area contributed by atoms with Crippen molar-refractivity contribution >= 4 is 61.3 Å². The average Bonchev–Trinajstić information content (AvgIpc) is 4.18. The maximum atomic E-state index is 14.8. The Morgan fingerprint density at radius 1 is 0.362 bits per heavy atom. The zero-order valence-electron chi connectivity index (χ0n) is 43.4. The monoisotopic (exact) mass is 1030 g/mol. The van der Waals surface area contributed by atoms with Crippen LogP contribution in [0.4, 0.5) is 22.7 Å². The van der Waals surface area contributed by atoms with Crippen LogP contribution in [0.2, 0.25) is 0 Å². The molecule has 6 heteroatoms. The number of pyridine rings is 1. The molecular weight excluding hydrogens is 977 g/mol. The van der Waals surface area contributed by atoms with Crippen LogP contribution in [0.1, 0.15) is 15.9 Å². The Labute approximate surface area is 463 Å². The van der Waals surface area contributed by atoms with Crippen LogP contribution in [-0.4, -0.2) is 15.3 Å². The highest BCUT2D eigenvalue weighted by Gasteiger charge is 2.21. The minimum Gasteiger partial charge on any atom is -0.464 e. The summed E-state index contributed by atoms with van der Waals surface area (Å²) in [5.74, 6) is 0.655. The van der Waals surface area contributed by atoms with Gasteiger partial charge >= 0.3 is 0 Å². The van der Waals surface area contributed by atoms with E-state index in [-0.39, 0.29) is 5.78 Å². The van der Waals surface area contributed by atoms with E-state index in [1.54, 1.807) is 12.5 Å². The molecule has 0 saturated carbocycles. The largest absolute Gasteiger partial charge is 0.464 e. The van der Waals surface area contributed by atoms with Gasteiger partial charge in [0.25, 0.3) is 0 Å². The van der Waals surface area contributed by atoms with Gasteiger partial charge in [-0.3, -0.25) is 9.36 Å². The summed E-state index contributed by atoms with van der Waals surface area (Å²) >= 11 is 0. The van der Waals surface area contributed by atoms with Gasteiger partial charge in [0, 0.05) is 44.9 Å². The first-order valence-electron chi connectivity index (χ1n) is 26.9. The summed E-state index contributed by atoms with van der Waals surface area (Å²) in [7, 11) is 0. The Balaban J connectivity index is 0.878. The lowest BCUT2D eigenvalue weighted by Gasteiger charge is -2.22. The van der Waals surface area contributed by atoms with Gasteiger partial charge in [-0.25, -0.2) is 4.98 Å². The number of para-hydroxylation sites is 4. The molecule has 0 unspecified atom stereocenters. The Bertz CT molecular complexity index is 4340. The van der Waals surface area contributed by atoms with Crippen LogP contribution in [0.5, 0.6) is 0 Å². The van der Waals surface area contributed by atoms with Crippen molar-refractivity contribution in [2.45, 2.75) is 0 Å². The summed E-state index contributed by atoms with van der Waals surface area (Å²) < 4.78 is 7.93. The Hall–Kier alpha value is -10.8. The summed E-state index contributed by atoms with van der Waals surface area (Å²) in [6, 6.07) is 97.0. The van der Waals surface area contributed by atoms with E-state index in [1.807, 2.05) is 72.8 Å². The summed E-state index contributed by atoms with van der Waals surface area (Å²) in [6.07, 6.45) is 3.45. The van der Waals surface area contributed by atoms with Crippen LogP contribution >= 0.6 is 0 Å². The van der Waals surface area contributed by atoms with Crippen molar-refractivity contribution in [2.75, 3.05) is 10.6 Å². The molecule has 80 heavy (non-hydrogen) atoms. The number of ketones is 1. The predicted molar refractivity (Wildman–Crippen MR) is 330 cm³/mol. The SMILES string of the molecule is O=C(c1cccc(Nc2ccccc2Nc2c(-c3cc(-c4ccccc4)cc(-c4ccccc4)c3)cccc2-c2cc(-c3ccccc3)cc(-c3ccccc3)c2)c1)c1ccc2c3ccccc3n(-c3nccc4occc34)c2c1. The van der Waals surface area contributed by atoms with Gasteiger partial charge in [0.15, 0.2) is 5.78 Å². The maximum absolute atomic E-state index is 14.8. The number of anilines is 4. The third-order valence-electron chi connectivity index (χ3n) is 15.1.